The van der Waals surface area contributed by atoms with Gasteiger partial charge in [0, 0.05) is 24.2 Å². The van der Waals surface area contributed by atoms with Gasteiger partial charge in [-0.25, -0.2) is 0 Å². The van der Waals surface area contributed by atoms with Crippen LogP contribution in [0.15, 0.2) is 24.3 Å². The van der Waals surface area contributed by atoms with Gasteiger partial charge in [0.25, 0.3) is 0 Å². The lowest BCUT2D eigenvalue weighted by Crippen LogP contribution is -2.41. The SMILES string of the molecule is CN(Cc1cccc(Cl)c1)CC1C2CCC(C2)C1N. The van der Waals surface area contributed by atoms with Crippen LogP contribution in [-0.4, -0.2) is 24.5 Å². The van der Waals surface area contributed by atoms with Crippen LogP contribution in [0.4, 0.5) is 0 Å². The first-order valence-electron chi connectivity index (χ1n) is 7.32. The fraction of sp³-hybridized carbons (Fsp3) is 0.625. The summed E-state index contributed by atoms with van der Waals surface area (Å²) in [5, 5.41) is 0.822. The molecule has 3 heteroatoms. The molecule has 1 aromatic carbocycles. The molecule has 2 saturated carbocycles. The summed E-state index contributed by atoms with van der Waals surface area (Å²) in [5.74, 6) is 2.37. The normalized spacial score (nSPS) is 33.3. The van der Waals surface area contributed by atoms with Crippen molar-refractivity contribution >= 4 is 11.6 Å². The van der Waals surface area contributed by atoms with Crippen LogP contribution >= 0.6 is 11.6 Å². The number of nitrogens with zero attached hydrogens (tertiary/aromatic N) is 1. The van der Waals surface area contributed by atoms with Crippen LogP contribution in [0.1, 0.15) is 24.8 Å². The maximum Gasteiger partial charge on any atom is 0.0409 e. The molecule has 0 saturated heterocycles. The van der Waals surface area contributed by atoms with Crippen LogP contribution in [0, 0.1) is 17.8 Å². The summed E-state index contributed by atoms with van der Waals surface area (Å²) in [6.45, 7) is 2.08. The summed E-state index contributed by atoms with van der Waals surface area (Å²) < 4.78 is 0. The Labute approximate surface area is 120 Å². The Balaban J connectivity index is 1.58. The number of hydrogen-bond acceptors (Lipinski definition) is 2. The topological polar surface area (TPSA) is 29.3 Å². The first-order valence-corrected chi connectivity index (χ1v) is 7.70. The molecule has 2 N–H and O–H groups in total. The largest absolute Gasteiger partial charge is 0.327 e. The van der Waals surface area contributed by atoms with Crippen molar-refractivity contribution in [1.29, 1.82) is 0 Å². The van der Waals surface area contributed by atoms with Crippen molar-refractivity contribution < 1.29 is 0 Å². The highest BCUT2D eigenvalue weighted by Crippen LogP contribution is 2.47. The Morgan fingerprint density at radius 3 is 2.79 bits per heavy atom. The van der Waals surface area contributed by atoms with Gasteiger partial charge in [0.1, 0.15) is 0 Å². The van der Waals surface area contributed by atoms with Crippen LogP contribution in [0.3, 0.4) is 0 Å². The smallest absolute Gasteiger partial charge is 0.0409 e. The monoisotopic (exact) mass is 278 g/mol. The van der Waals surface area contributed by atoms with Crippen LogP contribution in [0.25, 0.3) is 0 Å². The lowest BCUT2D eigenvalue weighted by molar-refractivity contribution is 0.194. The van der Waals surface area contributed by atoms with Gasteiger partial charge in [0.2, 0.25) is 0 Å². The van der Waals surface area contributed by atoms with E-state index < -0.39 is 0 Å². The van der Waals surface area contributed by atoms with E-state index in [0.29, 0.717) is 12.0 Å². The first kappa shape index (κ1) is 13.4. The minimum Gasteiger partial charge on any atom is -0.327 e. The second-order valence-electron chi connectivity index (χ2n) is 6.40. The Hall–Kier alpha value is -0.570. The zero-order valence-electron chi connectivity index (χ0n) is 11.6. The van der Waals surface area contributed by atoms with E-state index in [9.17, 15) is 0 Å². The highest BCUT2D eigenvalue weighted by Gasteiger charge is 2.45. The van der Waals surface area contributed by atoms with E-state index in [-0.39, 0.29) is 0 Å². The molecule has 2 aliphatic carbocycles. The van der Waals surface area contributed by atoms with Gasteiger partial charge in [-0.1, -0.05) is 23.7 Å². The Bertz CT molecular complexity index is 446. The van der Waals surface area contributed by atoms with Crippen molar-refractivity contribution in [2.75, 3.05) is 13.6 Å². The Morgan fingerprint density at radius 2 is 2.11 bits per heavy atom. The fourth-order valence-electron chi connectivity index (χ4n) is 4.10. The van der Waals surface area contributed by atoms with Gasteiger partial charge >= 0.3 is 0 Å². The van der Waals surface area contributed by atoms with Crippen LogP contribution < -0.4 is 5.73 Å². The zero-order valence-corrected chi connectivity index (χ0v) is 12.3. The molecule has 2 fully saturated rings. The highest BCUT2D eigenvalue weighted by atomic mass is 35.5. The summed E-state index contributed by atoms with van der Waals surface area (Å²) in [7, 11) is 2.19. The second-order valence-corrected chi connectivity index (χ2v) is 6.84. The summed E-state index contributed by atoms with van der Waals surface area (Å²) in [5.41, 5.74) is 7.67. The third-order valence-electron chi connectivity index (χ3n) is 5.02. The second kappa shape index (κ2) is 5.43. The molecular weight excluding hydrogens is 256 g/mol. The lowest BCUT2D eigenvalue weighted by Gasteiger charge is -2.31. The number of halogens is 1. The van der Waals surface area contributed by atoms with E-state index >= 15 is 0 Å². The fourth-order valence-corrected chi connectivity index (χ4v) is 4.31. The minimum absolute atomic E-state index is 0.431. The summed E-state index contributed by atoms with van der Waals surface area (Å²) in [6.07, 6.45) is 4.13. The Kier molecular flexibility index (Phi) is 3.84. The number of fused-ring (bicyclic) bond motifs is 2. The molecule has 0 radical (unpaired) electrons. The van der Waals surface area contributed by atoms with Crippen LogP contribution in [0.2, 0.25) is 5.02 Å². The van der Waals surface area contributed by atoms with Gasteiger partial charge in [-0.05, 0) is 61.8 Å². The summed E-state index contributed by atoms with van der Waals surface area (Å²) in [6, 6.07) is 8.58. The predicted molar refractivity (Wildman–Crippen MR) is 80.1 cm³/mol. The zero-order chi connectivity index (χ0) is 13.4. The molecule has 0 spiro atoms. The summed E-state index contributed by atoms with van der Waals surface area (Å²) in [4.78, 5) is 2.40. The third kappa shape index (κ3) is 2.81. The van der Waals surface area contributed by atoms with Crippen molar-refractivity contribution in [3.8, 4) is 0 Å². The molecule has 4 atom stereocenters. The van der Waals surface area contributed by atoms with Crippen molar-refractivity contribution in [2.24, 2.45) is 23.5 Å². The number of nitrogens with two attached hydrogens (primary N) is 1. The van der Waals surface area contributed by atoms with E-state index in [4.69, 9.17) is 17.3 Å². The van der Waals surface area contributed by atoms with Crippen molar-refractivity contribution in [3.63, 3.8) is 0 Å². The van der Waals surface area contributed by atoms with Gasteiger partial charge in [-0.2, -0.15) is 0 Å². The molecule has 1 aromatic rings. The van der Waals surface area contributed by atoms with E-state index in [1.807, 2.05) is 12.1 Å². The lowest BCUT2D eigenvalue weighted by atomic mass is 9.84. The molecule has 2 bridgehead atoms. The average molecular weight is 279 g/mol. The van der Waals surface area contributed by atoms with Crippen molar-refractivity contribution in [2.45, 2.75) is 31.8 Å². The highest BCUT2D eigenvalue weighted by molar-refractivity contribution is 6.30. The van der Waals surface area contributed by atoms with Gasteiger partial charge in [0.15, 0.2) is 0 Å². The summed E-state index contributed by atoms with van der Waals surface area (Å²) >= 11 is 6.03. The van der Waals surface area contributed by atoms with E-state index in [0.717, 1.165) is 29.9 Å². The molecule has 0 aromatic heterocycles. The standard InChI is InChI=1S/C16H23ClN2/c1-19(9-11-3-2-4-14(17)7-11)10-15-12-5-6-13(8-12)16(15)18/h2-4,7,12-13,15-16H,5-6,8-10,18H2,1H3. The molecule has 3 rings (SSSR count). The van der Waals surface area contributed by atoms with Crippen molar-refractivity contribution in [1.82, 2.24) is 4.90 Å². The maximum atomic E-state index is 6.38. The average Bonchev–Trinajstić information content (AvgIpc) is 2.93. The quantitative estimate of drug-likeness (QED) is 0.917. The first-order chi connectivity index (χ1) is 9.13. The third-order valence-corrected chi connectivity index (χ3v) is 5.26. The molecule has 0 heterocycles. The van der Waals surface area contributed by atoms with E-state index in [1.54, 1.807) is 0 Å². The molecular formula is C16H23ClN2. The number of benzene rings is 1. The predicted octanol–water partition coefficient (Wildman–Crippen LogP) is 3.15. The maximum absolute atomic E-state index is 6.38. The minimum atomic E-state index is 0.431. The van der Waals surface area contributed by atoms with Gasteiger partial charge in [-0.3, -0.25) is 0 Å². The van der Waals surface area contributed by atoms with Gasteiger partial charge in [-0.15, -0.1) is 0 Å². The number of rotatable bonds is 4. The molecule has 0 amide bonds. The molecule has 4 unspecified atom stereocenters. The molecule has 0 aliphatic heterocycles. The number of hydrogen-bond donors (Lipinski definition) is 1. The van der Waals surface area contributed by atoms with Gasteiger partial charge < -0.3 is 10.6 Å². The van der Waals surface area contributed by atoms with Gasteiger partial charge in [0.05, 0.1) is 0 Å². The molecule has 2 nitrogen and oxygen atoms in total. The molecule has 104 valence electrons. The molecule has 19 heavy (non-hydrogen) atoms. The van der Waals surface area contributed by atoms with Crippen LogP contribution in [0.5, 0.6) is 0 Å². The molecule has 2 aliphatic rings. The van der Waals surface area contributed by atoms with Crippen LogP contribution in [-0.2, 0) is 6.54 Å². The Morgan fingerprint density at radius 1 is 1.32 bits per heavy atom. The van der Waals surface area contributed by atoms with E-state index in [1.165, 1.54) is 24.8 Å². The van der Waals surface area contributed by atoms with E-state index in [2.05, 4.69) is 24.1 Å². The van der Waals surface area contributed by atoms with Crippen molar-refractivity contribution in [3.05, 3.63) is 34.9 Å².